The third kappa shape index (κ3) is 5.04. The van der Waals surface area contributed by atoms with Crippen LogP contribution in [-0.2, 0) is 23.0 Å². The lowest BCUT2D eigenvalue weighted by molar-refractivity contribution is 0.0725. The van der Waals surface area contributed by atoms with Crippen molar-refractivity contribution in [2.75, 3.05) is 17.5 Å². The van der Waals surface area contributed by atoms with E-state index in [0.717, 1.165) is 17.5 Å². The summed E-state index contributed by atoms with van der Waals surface area (Å²) in [5.41, 5.74) is 2.79. The van der Waals surface area contributed by atoms with Gasteiger partial charge in [0.2, 0.25) is 10.0 Å². The molecular weight excluding hydrogens is 442 g/mol. The molecule has 2 heterocycles. The van der Waals surface area contributed by atoms with E-state index in [0.29, 0.717) is 24.1 Å². The molecule has 3 rings (SSSR count). The molecular formula is C21H26ClN3O5S. The second kappa shape index (κ2) is 8.55. The van der Waals surface area contributed by atoms with E-state index in [-0.39, 0.29) is 46.1 Å². The van der Waals surface area contributed by atoms with Crippen molar-refractivity contribution in [2.45, 2.75) is 46.8 Å². The highest BCUT2D eigenvalue weighted by Crippen LogP contribution is 2.40. The Morgan fingerprint density at radius 3 is 2.52 bits per heavy atom. The zero-order valence-electron chi connectivity index (χ0n) is 18.1. The third-order valence-corrected chi connectivity index (χ3v) is 5.94. The summed E-state index contributed by atoms with van der Waals surface area (Å²) in [5.74, 6) is -0.155. The van der Waals surface area contributed by atoms with Gasteiger partial charge in [-0.2, -0.15) is 0 Å². The van der Waals surface area contributed by atoms with Crippen LogP contribution in [0.4, 0.5) is 5.69 Å². The van der Waals surface area contributed by atoms with Gasteiger partial charge in [0.1, 0.15) is 5.75 Å². The highest BCUT2D eigenvalue weighted by atomic mass is 35.5. The Hall–Kier alpha value is -2.52. The van der Waals surface area contributed by atoms with E-state index in [9.17, 15) is 18.0 Å². The predicted octanol–water partition coefficient (Wildman–Crippen LogP) is 3.00. The molecule has 0 atom stereocenters. The van der Waals surface area contributed by atoms with E-state index >= 15 is 0 Å². The quantitative estimate of drug-likeness (QED) is 0.678. The van der Waals surface area contributed by atoms with Crippen LogP contribution in [0.3, 0.4) is 0 Å². The van der Waals surface area contributed by atoms with Crippen LogP contribution in [0.5, 0.6) is 5.75 Å². The van der Waals surface area contributed by atoms with E-state index in [1.807, 2.05) is 13.0 Å². The minimum atomic E-state index is -3.58. The number of carbonyl (C=O) groups excluding carboxylic acids is 1. The van der Waals surface area contributed by atoms with Crippen molar-refractivity contribution in [3.63, 3.8) is 0 Å². The van der Waals surface area contributed by atoms with Gasteiger partial charge in [-0.05, 0) is 51.3 Å². The van der Waals surface area contributed by atoms with Crippen LogP contribution in [0.1, 0.15) is 46.6 Å². The Balaban J connectivity index is 2.07. The average Bonchev–Trinajstić information content (AvgIpc) is 2.61. The molecule has 1 aliphatic heterocycles. The van der Waals surface area contributed by atoms with Crippen molar-refractivity contribution >= 4 is 33.2 Å². The summed E-state index contributed by atoms with van der Waals surface area (Å²) in [5, 5.41) is 0.131. The van der Waals surface area contributed by atoms with Gasteiger partial charge >= 0.3 is 0 Å². The normalized spacial score (nSPS) is 14.0. The first-order valence-corrected chi connectivity index (χ1v) is 12.1. The van der Waals surface area contributed by atoms with Crippen LogP contribution in [0, 0.1) is 13.8 Å². The smallest absolute Gasteiger partial charge is 0.256 e. The SMILES string of the molecule is Cc1cc(C)c(CN2CCc3c(NS(C)(=O)=O)cc(OC(C)C)c(Cl)c3C2=O)c(=O)[nH]1. The Labute approximate surface area is 186 Å². The molecule has 1 aromatic heterocycles. The molecule has 0 aliphatic carbocycles. The maximum atomic E-state index is 13.4. The number of rotatable bonds is 6. The minimum Gasteiger partial charge on any atom is -0.489 e. The van der Waals surface area contributed by atoms with Crippen LogP contribution >= 0.6 is 11.6 Å². The standard InChI is InChI=1S/C21H26ClN3O5S/c1-11(2)30-17-9-16(24-31(5,28)29)14-6-7-25(21(27)18(14)19(17)22)10-15-12(3)8-13(4)23-20(15)26/h8-9,11,24H,6-7,10H2,1-5H3,(H,23,26). The first kappa shape index (κ1) is 23.1. The fourth-order valence-electron chi connectivity index (χ4n) is 3.71. The molecule has 0 radical (unpaired) electrons. The third-order valence-electron chi connectivity index (χ3n) is 4.97. The molecule has 0 saturated carbocycles. The van der Waals surface area contributed by atoms with Crippen molar-refractivity contribution in [1.82, 2.24) is 9.88 Å². The number of pyridine rings is 1. The largest absolute Gasteiger partial charge is 0.489 e. The number of anilines is 1. The second-order valence-corrected chi connectivity index (χ2v) is 10.2. The van der Waals surface area contributed by atoms with E-state index in [1.165, 1.54) is 6.07 Å². The highest BCUT2D eigenvalue weighted by Gasteiger charge is 2.32. The molecule has 2 aromatic rings. The maximum absolute atomic E-state index is 13.4. The van der Waals surface area contributed by atoms with E-state index in [4.69, 9.17) is 16.3 Å². The number of nitrogens with one attached hydrogen (secondary N) is 2. The Morgan fingerprint density at radius 2 is 1.94 bits per heavy atom. The fraction of sp³-hybridized carbons (Fsp3) is 0.429. The number of ether oxygens (including phenoxy) is 1. The van der Waals surface area contributed by atoms with Crippen molar-refractivity contribution < 1.29 is 17.9 Å². The van der Waals surface area contributed by atoms with Gasteiger partial charge in [0.25, 0.3) is 11.5 Å². The van der Waals surface area contributed by atoms with E-state index < -0.39 is 10.0 Å². The number of amides is 1. The molecule has 0 spiro atoms. The summed E-state index contributed by atoms with van der Waals surface area (Å²) in [6.45, 7) is 7.68. The maximum Gasteiger partial charge on any atom is 0.256 e. The van der Waals surface area contributed by atoms with Gasteiger partial charge in [0, 0.05) is 23.9 Å². The number of hydrogen-bond acceptors (Lipinski definition) is 5. The Morgan fingerprint density at radius 1 is 1.26 bits per heavy atom. The first-order valence-electron chi connectivity index (χ1n) is 9.86. The van der Waals surface area contributed by atoms with E-state index in [1.54, 1.807) is 25.7 Å². The lowest BCUT2D eigenvalue weighted by Crippen LogP contribution is -2.39. The number of benzene rings is 1. The number of nitrogens with zero attached hydrogens (tertiary/aromatic N) is 1. The second-order valence-electron chi connectivity index (χ2n) is 8.05. The molecule has 8 nitrogen and oxygen atoms in total. The predicted molar refractivity (Wildman–Crippen MR) is 121 cm³/mol. The zero-order valence-corrected chi connectivity index (χ0v) is 19.7. The van der Waals surface area contributed by atoms with Gasteiger partial charge in [-0.15, -0.1) is 0 Å². The van der Waals surface area contributed by atoms with Crippen molar-refractivity contribution in [3.8, 4) is 5.75 Å². The van der Waals surface area contributed by atoms with E-state index in [2.05, 4.69) is 9.71 Å². The first-order chi connectivity index (χ1) is 14.4. The van der Waals surface area contributed by atoms with Crippen LogP contribution < -0.4 is 15.0 Å². The summed E-state index contributed by atoms with van der Waals surface area (Å²) in [7, 11) is -3.58. The molecule has 1 amide bonds. The fourth-order valence-corrected chi connectivity index (χ4v) is 4.59. The minimum absolute atomic E-state index is 0.125. The zero-order chi connectivity index (χ0) is 23.1. The molecule has 0 fully saturated rings. The number of aromatic nitrogens is 1. The Kier molecular flexibility index (Phi) is 6.38. The summed E-state index contributed by atoms with van der Waals surface area (Å²) in [4.78, 5) is 30.1. The number of sulfonamides is 1. The summed E-state index contributed by atoms with van der Waals surface area (Å²) >= 11 is 6.54. The van der Waals surface area contributed by atoms with Gasteiger partial charge in [-0.3, -0.25) is 14.3 Å². The molecule has 10 heteroatoms. The van der Waals surface area contributed by atoms with Crippen molar-refractivity contribution in [2.24, 2.45) is 0 Å². The highest BCUT2D eigenvalue weighted by molar-refractivity contribution is 7.92. The van der Waals surface area contributed by atoms with Crippen LogP contribution in [0.25, 0.3) is 0 Å². The van der Waals surface area contributed by atoms with Gasteiger partial charge in [-0.1, -0.05) is 11.6 Å². The number of aromatic amines is 1. The van der Waals surface area contributed by atoms with Crippen molar-refractivity contribution in [1.29, 1.82) is 0 Å². The molecule has 0 unspecified atom stereocenters. The summed E-state index contributed by atoms with van der Waals surface area (Å²) in [6, 6.07) is 3.37. The summed E-state index contributed by atoms with van der Waals surface area (Å²) < 4.78 is 31.9. The van der Waals surface area contributed by atoms with Crippen molar-refractivity contribution in [3.05, 3.63) is 55.5 Å². The number of H-pyrrole nitrogens is 1. The molecule has 1 aromatic carbocycles. The molecule has 0 saturated heterocycles. The Bertz CT molecular complexity index is 1200. The van der Waals surface area contributed by atoms with Crippen LogP contribution in [0.15, 0.2) is 16.9 Å². The van der Waals surface area contributed by atoms with Gasteiger partial charge < -0.3 is 14.6 Å². The number of carbonyl (C=O) groups is 1. The van der Waals surface area contributed by atoms with Gasteiger partial charge in [0.15, 0.2) is 0 Å². The molecule has 2 N–H and O–H groups in total. The summed E-state index contributed by atoms with van der Waals surface area (Å²) in [6.07, 6.45) is 1.19. The molecule has 0 bridgehead atoms. The number of hydrogen-bond donors (Lipinski definition) is 2. The lowest BCUT2D eigenvalue weighted by atomic mass is 9.95. The molecule has 168 valence electrons. The topological polar surface area (TPSA) is 109 Å². The van der Waals surface area contributed by atoms with Gasteiger partial charge in [-0.25, -0.2) is 8.42 Å². The lowest BCUT2D eigenvalue weighted by Gasteiger charge is -2.31. The number of fused-ring (bicyclic) bond motifs is 1. The van der Waals surface area contributed by atoms with Crippen LogP contribution in [0.2, 0.25) is 5.02 Å². The number of halogens is 1. The molecule has 1 aliphatic rings. The average molecular weight is 468 g/mol. The monoisotopic (exact) mass is 467 g/mol. The van der Waals surface area contributed by atoms with Gasteiger partial charge in [0.05, 0.1) is 35.2 Å². The van der Waals surface area contributed by atoms with Crippen LogP contribution in [-0.4, -0.2) is 43.1 Å². The molecule has 31 heavy (non-hydrogen) atoms. The number of aryl methyl sites for hydroxylation is 2.